The van der Waals surface area contributed by atoms with Gasteiger partial charge in [-0.1, -0.05) is 12.1 Å². The van der Waals surface area contributed by atoms with Crippen molar-refractivity contribution in [1.29, 1.82) is 0 Å². The highest BCUT2D eigenvalue weighted by Gasteiger charge is 2.29. The molecule has 1 aromatic rings. The normalized spacial score (nSPS) is 19.6. The van der Waals surface area contributed by atoms with Crippen LogP contribution in [0.25, 0.3) is 0 Å². The Bertz CT molecular complexity index is 610. The standard InChI is InChI=1S/C19H29F3N4O.HI/c1-4-23-18(24-11-14(2)26-9-10-27-13-15(26)3)25-12-16-5-7-17(8-6-16)19(20,21)22;/h5-8,14-15H,4,9-13H2,1-3H3,(H2,23,24,25);1H. The van der Waals surface area contributed by atoms with Gasteiger partial charge < -0.3 is 15.4 Å². The molecule has 2 rings (SSSR count). The summed E-state index contributed by atoms with van der Waals surface area (Å²) in [5.74, 6) is 0.658. The van der Waals surface area contributed by atoms with Crippen LogP contribution in [-0.4, -0.2) is 55.8 Å². The van der Waals surface area contributed by atoms with E-state index in [0.29, 0.717) is 31.1 Å². The lowest BCUT2D eigenvalue weighted by molar-refractivity contribution is -0.137. The van der Waals surface area contributed by atoms with Crippen LogP contribution >= 0.6 is 24.0 Å². The quantitative estimate of drug-likeness (QED) is 0.347. The summed E-state index contributed by atoms with van der Waals surface area (Å²) in [5.41, 5.74) is 0.0868. The molecule has 1 aliphatic heterocycles. The van der Waals surface area contributed by atoms with E-state index in [0.717, 1.165) is 44.0 Å². The highest BCUT2D eigenvalue weighted by molar-refractivity contribution is 14.0. The van der Waals surface area contributed by atoms with E-state index in [9.17, 15) is 13.2 Å². The van der Waals surface area contributed by atoms with Gasteiger partial charge in [-0.25, -0.2) is 4.99 Å². The molecule has 2 atom stereocenters. The molecule has 0 amide bonds. The Hall–Kier alpha value is -1.07. The van der Waals surface area contributed by atoms with E-state index < -0.39 is 11.7 Å². The van der Waals surface area contributed by atoms with Gasteiger partial charge in [0.25, 0.3) is 0 Å². The van der Waals surface area contributed by atoms with Crippen LogP contribution in [0.5, 0.6) is 0 Å². The number of halogens is 4. The van der Waals surface area contributed by atoms with Crippen molar-refractivity contribution >= 4 is 29.9 Å². The second-order valence-corrected chi connectivity index (χ2v) is 6.78. The molecule has 0 spiro atoms. The highest BCUT2D eigenvalue weighted by atomic mass is 127. The van der Waals surface area contributed by atoms with Crippen LogP contribution < -0.4 is 10.6 Å². The van der Waals surface area contributed by atoms with E-state index >= 15 is 0 Å². The van der Waals surface area contributed by atoms with E-state index in [2.05, 4.69) is 34.4 Å². The predicted octanol–water partition coefficient (Wildman–Crippen LogP) is 3.49. The maximum absolute atomic E-state index is 12.6. The van der Waals surface area contributed by atoms with Crippen LogP contribution in [0.2, 0.25) is 0 Å². The molecule has 1 fully saturated rings. The lowest BCUT2D eigenvalue weighted by atomic mass is 10.1. The van der Waals surface area contributed by atoms with Crippen LogP contribution in [0.1, 0.15) is 31.9 Å². The van der Waals surface area contributed by atoms with Crippen molar-refractivity contribution in [3.8, 4) is 0 Å². The van der Waals surface area contributed by atoms with Gasteiger partial charge in [0.15, 0.2) is 5.96 Å². The molecule has 0 saturated carbocycles. The topological polar surface area (TPSA) is 48.9 Å². The van der Waals surface area contributed by atoms with Gasteiger partial charge in [-0.3, -0.25) is 4.90 Å². The number of alkyl halides is 3. The zero-order valence-electron chi connectivity index (χ0n) is 16.6. The number of hydrogen-bond acceptors (Lipinski definition) is 3. The Morgan fingerprint density at radius 2 is 1.96 bits per heavy atom. The monoisotopic (exact) mass is 514 g/mol. The molecule has 28 heavy (non-hydrogen) atoms. The molecule has 2 N–H and O–H groups in total. The Kier molecular flexibility index (Phi) is 10.5. The average Bonchev–Trinajstić information content (AvgIpc) is 2.63. The van der Waals surface area contributed by atoms with Crippen LogP contribution in [0.4, 0.5) is 13.2 Å². The zero-order valence-corrected chi connectivity index (χ0v) is 18.9. The lowest BCUT2D eigenvalue weighted by Crippen LogP contribution is -2.53. The van der Waals surface area contributed by atoms with E-state index in [1.165, 1.54) is 12.1 Å². The van der Waals surface area contributed by atoms with Crippen molar-refractivity contribution in [2.75, 3.05) is 32.8 Å². The fourth-order valence-electron chi connectivity index (χ4n) is 3.07. The van der Waals surface area contributed by atoms with Crippen molar-refractivity contribution in [2.24, 2.45) is 4.99 Å². The van der Waals surface area contributed by atoms with Crippen molar-refractivity contribution in [3.05, 3.63) is 35.4 Å². The number of aliphatic imine (C=N–C) groups is 1. The van der Waals surface area contributed by atoms with Gasteiger partial charge in [0.2, 0.25) is 0 Å². The average molecular weight is 514 g/mol. The Balaban J connectivity index is 0.00000392. The van der Waals surface area contributed by atoms with Crippen LogP contribution in [0.3, 0.4) is 0 Å². The van der Waals surface area contributed by atoms with Gasteiger partial charge in [-0.05, 0) is 38.5 Å². The van der Waals surface area contributed by atoms with Gasteiger partial charge in [-0.15, -0.1) is 24.0 Å². The van der Waals surface area contributed by atoms with Crippen LogP contribution in [0.15, 0.2) is 29.3 Å². The molecule has 1 heterocycles. The van der Waals surface area contributed by atoms with Gasteiger partial charge in [-0.2, -0.15) is 13.2 Å². The van der Waals surface area contributed by atoms with Gasteiger partial charge in [0.05, 0.1) is 25.3 Å². The first kappa shape index (κ1) is 25.0. The number of rotatable bonds is 6. The summed E-state index contributed by atoms with van der Waals surface area (Å²) < 4.78 is 43.4. The maximum Gasteiger partial charge on any atom is 0.416 e. The van der Waals surface area contributed by atoms with E-state index in [-0.39, 0.29) is 24.0 Å². The molecule has 5 nitrogen and oxygen atoms in total. The summed E-state index contributed by atoms with van der Waals surface area (Å²) in [5, 5.41) is 6.49. The molecular formula is C19H30F3IN4O. The number of morpholine rings is 1. The molecule has 0 radical (unpaired) electrons. The fraction of sp³-hybridized carbons (Fsp3) is 0.632. The molecule has 1 saturated heterocycles. The van der Waals surface area contributed by atoms with Crippen LogP contribution in [0, 0.1) is 0 Å². The fourth-order valence-corrected chi connectivity index (χ4v) is 3.07. The molecular weight excluding hydrogens is 484 g/mol. The van der Waals surface area contributed by atoms with Gasteiger partial charge in [0.1, 0.15) is 0 Å². The van der Waals surface area contributed by atoms with Crippen molar-refractivity contribution < 1.29 is 17.9 Å². The molecule has 9 heteroatoms. The smallest absolute Gasteiger partial charge is 0.379 e. The summed E-state index contributed by atoms with van der Waals surface area (Å²) in [4.78, 5) is 6.88. The summed E-state index contributed by atoms with van der Waals surface area (Å²) >= 11 is 0. The minimum Gasteiger partial charge on any atom is -0.379 e. The third-order valence-corrected chi connectivity index (χ3v) is 4.60. The molecule has 0 aliphatic carbocycles. The molecule has 1 aromatic carbocycles. The zero-order chi connectivity index (χ0) is 19.9. The highest BCUT2D eigenvalue weighted by Crippen LogP contribution is 2.29. The number of nitrogens with zero attached hydrogens (tertiary/aromatic N) is 2. The maximum atomic E-state index is 12.6. The Morgan fingerprint density at radius 1 is 1.29 bits per heavy atom. The molecule has 160 valence electrons. The summed E-state index contributed by atoms with van der Waals surface area (Å²) in [6.45, 7) is 10.4. The van der Waals surface area contributed by atoms with Crippen LogP contribution in [-0.2, 0) is 17.5 Å². The van der Waals surface area contributed by atoms with E-state index in [4.69, 9.17) is 4.74 Å². The minimum absolute atomic E-state index is 0. The first-order chi connectivity index (χ1) is 12.8. The summed E-state index contributed by atoms with van der Waals surface area (Å²) in [6, 6.07) is 5.81. The first-order valence-electron chi connectivity index (χ1n) is 9.33. The summed E-state index contributed by atoms with van der Waals surface area (Å²) in [7, 11) is 0. The van der Waals surface area contributed by atoms with Gasteiger partial charge in [0, 0.05) is 31.7 Å². The molecule has 1 aliphatic rings. The third-order valence-electron chi connectivity index (χ3n) is 4.60. The molecule has 2 unspecified atom stereocenters. The Labute approximate surface area is 182 Å². The largest absolute Gasteiger partial charge is 0.416 e. The number of hydrogen-bond donors (Lipinski definition) is 2. The van der Waals surface area contributed by atoms with E-state index in [1.807, 2.05) is 6.92 Å². The number of benzene rings is 1. The van der Waals surface area contributed by atoms with Crippen molar-refractivity contribution in [3.63, 3.8) is 0 Å². The number of nitrogens with one attached hydrogen (secondary N) is 2. The number of ether oxygens (including phenoxy) is 1. The van der Waals surface area contributed by atoms with Gasteiger partial charge >= 0.3 is 6.18 Å². The molecule has 0 bridgehead atoms. The lowest BCUT2D eigenvalue weighted by Gasteiger charge is -2.38. The second-order valence-electron chi connectivity index (χ2n) is 6.78. The predicted molar refractivity (Wildman–Crippen MR) is 116 cm³/mol. The van der Waals surface area contributed by atoms with Crippen molar-refractivity contribution in [2.45, 2.75) is 45.6 Å². The first-order valence-corrected chi connectivity index (χ1v) is 9.33. The molecule has 0 aromatic heterocycles. The number of guanidine groups is 1. The second kappa shape index (κ2) is 11.8. The SMILES string of the molecule is CCNC(=NCc1ccc(C(F)(F)F)cc1)NCC(C)N1CCOCC1C.I. The Morgan fingerprint density at radius 3 is 2.54 bits per heavy atom. The minimum atomic E-state index is -4.31. The van der Waals surface area contributed by atoms with E-state index in [1.54, 1.807) is 0 Å². The third kappa shape index (κ3) is 7.75. The van der Waals surface area contributed by atoms with Crippen molar-refractivity contribution in [1.82, 2.24) is 15.5 Å². The summed E-state index contributed by atoms with van der Waals surface area (Å²) in [6.07, 6.45) is -4.31.